The number of hydrogen-bond donors (Lipinski definition) is 0. The molecule has 166 valence electrons. The Morgan fingerprint density at radius 3 is 1.54 bits per heavy atom. The summed E-state index contributed by atoms with van der Waals surface area (Å²) in [5, 5.41) is 0. The van der Waals surface area contributed by atoms with Crippen LogP contribution >= 0.6 is 0 Å². The highest BCUT2D eigenvalue weighted by atomic mass is 16.5. The van der Waals surface area contributed by atoms with Crippen LogP contribution in [0, 0.1) is 5.41 Å². The fourth-order valence-electron chi connectivity index (χ4n) is 2.93. The highest BCUT2D eigenvalue weighted by Crippen LogP contribution is 2.14. The molecule has 0 aromatic heterocycles. The number of hydrogen-bond acceptors (Lipinski definition) is 4. The first-order valence-electron chi connectivity index (χ1n) is 11.7. The van der Waals surface area contributed by atoms with Gasteiger partial charge in [-0.15, -0.1) is 0 Å². The summed E-state index contributed by atoms with van der Waals surface area (Å²) in [7, 11) is 0. The number of ether oxygens (including phenoxy) is 2. The van der Waals surface area contributed by atoms with Crippen LogP contribution in [0.1, 0.15) is 124 Å². The van der Waals surface area contributed by atoms with Crippen LogP contribution in [0.15, 0.2) is 0 Å². The molecule has 0 aliphatic rings. The van der Waals surface area contributed by atoms with Gasteiger partial charge < -0.3 is 9.47 Å². The third kappa shape index (κ3) is 21.2. The molecule has 0 saturated carbocycles. The maximum Gasteiger partial charge on any atom is 0.305 e. The van der Waals surface area contributed by atoms with E-state index in [4.69, 9.17) is 9.47 Å². The predicted molar refractivity (Wildman–Crippen MR) is 116 cm³/mol. The van der Waals surface area contributed by atoms with Gasteiger partial charge in [-0.05, 0) is 24.7 Å². The van der Waals surface area contributed by atoms with Gasteiger partial charge in [0.1, 0.15) is 0 Å². The van der Waals surface area contributed by atoms with Crippen LogP contribution < -0.4 is 0 Å². The van der Waals surface area contributed by atoms with Gasteiger partial charge in [-0.2, -0.15) is 0 Å². The number of esters is 2. The van der Waals surface area contributed by atoms with Gasteiger partial charge in [0.2, 0.25) is 0 Å². The summed E-state index contributed by atoms with van der Waals surface area (Å²) in [5.74, 6) is -0.133. The molecule has 0 aromatic carbocycles. The fraction of sp³-hybridized carbons (Fsp3) is 0.917. The first kappa shape index (κ1) is 26.9. The second-order valence-electron chi connectivity index (χ2n) is 9.18. The minimum Gasteiger partial charge on any atom is -0.466 e. The summed E-state index contributed by atoms with van der Waals surface area (Å²) in [6, 6.07) is 0. The molecule has 0 aromatic rings. The Bertz CT molecular complexity index is 385. The van der Waals surface area contributed by atoms with Crippen LogP contribution in [0.3, 0.4) is 0 Å². The number of unbranched alkanes of at least 4 members (excludes halogenated alkanes) is 11. The van der Waals surface area contributed by atoms with E-state index in [-0.39, 0.29) is 17.4 Å². The van der Waals surface area contributed by atoms with Gasteiger partial charge in [0.25, 0.3) is 0 Å². The minimum absolute atomic E-state index is 0.0328. The molecule has 0 aliphatic carbocycles. The third-order valence-corrected chi connectivity index (χ3v) is 4.69. The summed E-state index contributed by atoms with van der Waals surface area (Å²) in [4.78, 5) is 23.3. The van der Waals surface area contributed by atoms with E-state index in [1.165, 1.54) is 38.5 Å². The molecule has 0 unspecified atom stereocenters. The van der Waals surface area contributed by atoms with Crippen molar-refractivity contribution in [3.8, 4) is 0 Å². The van der Waals surface area contributed by atoms with E-state index in [0.717, 1.165) is 44.9 Å². The third-order valence-electron chi connectivity index (χ3n) is 4.69. The number of carbonyl (C=O) groups excluding carboxylic acids is 2. The topological polar surface area (TPSA) is 52.6 Å². The van der Waals surface area contributed by atoms with Crippen molar-refractivity contribution in [3.05, 3.63) is 0 Å². The van der Waals surface area contributed by atoms with Crippen molar-refractivity contribution in [2.24, 2.45) is 5.41 Å². The normalized spacial score (nSPS) is 11.4. The second kappa shape index (κ2) is 18.0. The van der Waals surface area contributed by atoms with Crippen LogP contribution in [0.25, 0.3) is 0 Å². The Kier molecular flexibility index (Phi) is 17.3. The van der Waals surface area contributed by atoms with E-state index < -0.39 is 0 Å². The lowest BCUT2D eigenvalue weighted by Crippen LogP contribution is -2.18. The molecule has 0 amide bonds. The average molecular weight is 399 g/mol. The summed E-state index contributed by atoms with van der Waals surface area (Å²) < 4.78 is 10.6. The van der Waals surface area contributed by atoms with Gasteiger partial charge >= 0.3 is 11.9 Å². The minimum atomic E-state index is -0.0846. The molecular formula is C24H46O4. The predicted octanol–water partition coefficient (Wildman–Crippen LogP) is 6.99. The van der Waals surface area contributed by atoms with E-state index in [0.29, 0.717) is 26.1 Å². The Labute approximate surface area is 174 Å². The maximum absolute atomic E-state index is 11.7. The zero-order chi connectivity index (χ0) is 21.1. The second-order valence-corrected chi connectivity index (χ2v) is 9.18. The van der Waals surface area contributed by atoms with Gasteiger partial charge in [0.05, 0.1) is 13.2 Å². The molecular weight excluding hydrogens is 352 g/mol. The maximum atomic E-state index is 11.7. The van der Waals surface area contributed by atoms with Crippen molar-refractivity contribution in [3.63, 3.8) is 0 Å². The standard InChI is InChI=1S/C24H46O4/c1-5-6-7-8-11-14-17-20-27-22(25)18-15-12-9-10-13-16-19-23(26)28-21-24(2,3)4/h5-21H2,1-4H3. The average Bonchev–Trinajstić information content (AvgIpc) is 2.63. The highest BCUT2D eigenvalue weighted by Gasteiger charge is 2.13. The molecule has 0 aliphatic heterocycles. The first-order chi connectivity index (χ1) is 13.3. The molecule has 0 spiro atoms. The Balaban J connectivity index is 3.31. The van der Waals surface area contributed by atoms with Gasteiger partial charge in [-0.3, -0.25) is 9.59 Å². The largest absolute Gasteiger partial charge is 0.466 e. The molecule has 0 bridgehead atoms. The number of rotatable bonds is 18. The molecule has 4 nitrogen and oxygen atoms in total. The lowest BCUT2D eigenvalue weighted by Gasteiger charge is -2.17. The Morgan fingerprint density at radius 2 is 1.04 bits per heavy atom. The van der Waals surface area contributed by atoms with Crippen molar-refractivity contribution in [2.75, 3.05) is 13.2 Å². The summed E-state index contributed by atoms with van der Waals surface area (Å²) >= 11 is 0. The molecule has 0 rings (SSSR count). The van der Waals surface area contributed by atoms with Crippen molar-refractivity contribution in [2.45, 2.75) is 124 Å². The zero-order valence-corrected chi connectivity index (χ0v) is 19.2. The summed E-state index contributed by atoms with van der Waals surface area (Å²) in [5.41, 5.74) is 0.0328. The van der Waals surface area contributed by atoms with Crippen molar-refractivity contribution < 1.29 is 19.1 Å². The molecule has 0 saturated heterocycles. The molecule has 0 atom stereocenters. The molecule has 0 heterocycles. The lowest BCUT2D eigenvalue weighted by molar-refractivity contribution is -0.146. The van der Waals surface area contributed by atoms with Gasteiger partial charge in [0, 0.05) is 12.8 Å². The van der Waals surface area contributed by atoms with Crippen molar-refractivity contribution >= 4 is 11.9 Å². The van der Waals surface area contributed by atoms with Gasteiger partial charge in [0.15, 0.2) is 0 Å². The monoisotopic (exact) mass is 398 g/mol. The van der Waals surface area contributed by atoms with Gasteiger partial charge in [-0.25, -0.2) is 0 Å². The van der Waals surface area contributed by atoms with Crippen LogP contribution in [0.4, 0.5) is 0 Å². The molecule has 0 radical (unpaired) electrons. The van der Waals surface area contributed by atoms with E-state index in [1.54, 1.807) is 0 Å². The van der Waals surface area contributed by atoms with Crippen LogP contribution in [0.2, 0.25) is 0 Å². The van der Waals surface area contributed by atoms with Crippen molar-refractivity contribution in [1.82, 2.24) is 0 Å². The Hall–Kier alpha value is -1.06. The molecule has 0 N–H and O–H groups in total. The molecule has 0 fully saturated rings. The van der Waals surface area contributed by atoms with Gasteiger partial charge in [-0.1, -0.05) is 91.9 Å². The fourth-order valence-corrected chi connectivity index (χ4v) is 2.93. The SMILES string of the molecule is CCCCCCCCCOC(=O)CCCCCCCCC(=O)OCC(C)(C)C. The lowest BCUT2D eigenvalue weighted by atomic mass is 9.99. The summed E-state index contributed by atoms with van der Waals surface area (Å²) in [6.07, 6.45) is 15.8. The van der Waals surface area contributed by atoms with Crippen LogP contribution in [0.5, 0.6) is 0 Å². The molecule has 4 heteroatoms. The first-order valence-corrected chi connectivity index (χ1v) is 11.7. The smallest absolute Gasteiger partial charge is 0.305 e. The van der Waals surface area contributed by atoms with E-state index >= 15 is 0 Å². The number of carbonyl (C=O) groups is 2. The summed E-state index contributed by atoms with van der Waals surface area (Å²) in [6.45, 7) is 9.48. The van der Waals surface area contributed by atoms with E-state index in [9.17, 15) is 9.59 Å². The van der Waals surface area contributed by atoms with E-state index in [1.807, 2.05) is 0 Å². The van der Waals surface area contributed by atoms with E-state index in [2.05, 4.69) is 27.7 Å². The van der Waals surface area contributed by atoms with Crippen molar-refractivity contribution in [1.29, 1.82) is 0 Å². The zero-order valence-electron chi connectivity index (χ0n) is 19.2. The molecule has 28 heavy (non-hydrogen) atoms. The Morgan fingerprint density at radius 1 is 0.607 bits per heavy atom. The van der Waals surface area contributed by atoms with Crippen LogP contribution in [-0.4, -0.2) is 25.2 Å². The quantitative estimate of drug-likeness (QED) is 0.184. The van der Waals surface area contributed by atoms with Crippen LogP contribution in [-0.2, 0) is 19.1 Å². The highest BCUT2D eigenvalue weighted by molar-refractivity contribution is 5.69.